The van der Waals surface area contributed by atoms with Gasteiger partial charge in [-0.2, -0.15) is 0 Å². The zero-order valence-electron chi connectivity index (χ0n) is 9.93. The molecule has 5 heteroatoms. The Morgan fingerprint density at radius 2 is 2.18 bits per heavy atom. The molecule has 0 aliphatic heterocycles. The summed E-state index contributed by atoms with van der Waals surface area (Å²) >= 11 is 0. The van der Waals surface area contributed by atoms with Gasteiger partial charge in [0, 0.05) is 18.1 Å². The second-order valence-corrected chi connectivity index (χ2v) is 3.78. The number of rotatable bonds is 6. The fraction of sp³-hybridized carbons (Fsp3) is 0.417. The van der Waals surface area contributed by atoms with E-state index < -0.39 is 4.92 Å². The minimum atomic E-state index is -0.443. The summed E-state index contributed by atoms with van der Waals surface area (Å²) in [6.07, 6.45) is 1.29. The molecule has 5 nitrogen and oxygen atoms in total. The fourth-order valence-electron chi connectivity index (χ4n) is 1.44. The Morgan fingerprint density at radius 1 is 1.47 bits per heavy atom. The van der Waals surface area contributed by atoms with Crippen LogP contribution in [-0.4, -0.2) is 17.3 Å². The number of nitro benzene ring substituents is 1. The molecule has 1 aromatic carbocycles. The molecule has 0 saturated heterocycles. The van der Waals surface area contributed by atoms with E-state index in [1.807, 2.05) is 6.92 Å². The maximum absolute atomic E-state index is 11.2. The normalized spacial score (nSPS) is 10.0. The lowest BCUT2D eigenvalue weighted by Crippen LogP contribution is -2.10. The van der Waals surface area contributed by atoms with Gasteiger partial charge >= 0.3 is 0 Å². The van der Waals surface area contributed by atoms with Crippen LogP contribution in [0, 0.1) is 17.0 Å². The molecule has 0 aliphatic rings. The molecule has 0 N–H and O–H groups in total. The highest BCUT2D eigenvalue weighted by atomic mass is 16.6. The monoisotopic (exact) mass is 237 g/mol. The molecule has 0 bridgehead atoms. The fourth-order valence-corrected chi connectivity index (χ4v) is 1.44. The molecular formula is C12H15NO4. The van der Waals surface area contributed by atoms with Gasteiger partial charge in [-0.15, -0.1) is 0 Å². The molecule has 1 aromatic rings. The SMILES string of the molecule is CCCC(=O)COc1ccc([N+](=O)[O-])c(C)c1. The third kappa shape index (κ3) is 3.86. The summed E-state index contributed by atoms with van der Waals surface area (Å²) in [7, 11) is 0. The van der Waals surface area contributed by atoms with Crippen LogP contribution in [0.3, 0.4) is 0 Å². The van der Waals surface area contributed by atoms with Gasteiger partial charge in [0.05, 0.1) is 4.92 Å². The van der Waals surface area contributed by atoms with Crippen LogP contribution in [-0.2, 0) is 4.79 Å². The van der Waals surface area contributed by atoms with Gasteiger partial charge in [0.15, 0.2) is 5.78 Å². The van der Waals surface area contributed by atoms with Crippen LogP contribution in [0.15, 0.2) is 18.2 Å². The Balaban J connectivity index is 2.65. The Kier molecular flexibility index (Phi) is 4.63. The molecular weight excluding hydrogens is 222 g/mol. The number of ketones is 1. The van der Waals surface area contributed by atoms with E-state index in [2.05, 4.69) is 0 Å². The summed E-state index contributed by atoms with van der Waals surface area (Å²) in [5, 5.41) is 10.6. The summed E-state index contributed by atoms with van der Waals surface area (Å²) in [5.74, 6) is 0.515. The molecule has 0 fully saturated rings. The van der Waals surface area contributed by atoms with Crippen LogP contribution in [0.5, 0.6) is 5.75 Å². The minimum absolute atomic E-state index is 0.0189. The second-order valence-electron chi connectivity index (χ2n) is 3.78. The molecule has 17 heavy (non-hydrogen) atoms. The number of nitro groups is 1. The van der Waals surface area contributed by atoms with E-state index in [0.29, 0.717) is 17.7 Å². The summed E-state index contributed by atoms with van der Waals surface area (Å²) in [5.41, 5.74) is 0.577. The third-order valence-corrected chi connectivity index (χ3v) is 2.29. The molecule has 0 radical (unpaired) electrons. The van der Waals surface area contributed by atoms with E-state index in [9.17, 15) is 14.9 Å². The van der Waals surface area contributed by atoms with E-state index in [0.717, 1.165) is 6.42 Å². The second kappa shape index (κ2) is 5.98. The first-order chi connectivity index (χ1) is 8.04. The highest BCUT2D eigenvalue weighted by Gasteiger charge is 2.11. The number of nitrogens with zero attached hydrogens (tertiary/aromatic N) is 1. The molecule has 0 saturated carbocycles. The molecule has 0 atom stereocenters. The van der Waals surface area contributed by atoms with Gasteiger partial charge < -0.3 is 4.74 Å². The van der Waals surface area contributed by atoms with Gasteiger partial charge in [0.2, 0.25) is 0 Å². The van der Waals surface area contributed by atoms with Gasteiger partial charge in [-0.1, -0.05) is 6.92 Å². The minimum Gasteiger partial charge on any atom is -0.486 e. The summed E-state index contributed by atoms with van der Waals surface area (Å²) in [6, 6.07) is 4.46. The number of hydrogen-bond acceptors (Lipinski definition) is 4. The Hall–Kier alpha value is -1.91. The number of Topliss-reactive ketones (excluding diaryl/α,β-unsaturated/α-hetero) is 1. The van der Waals surface area contributed by atoms with Gasteiger partial charge in [-0.05, 0) is 25.5 Å². The van der Waals surface area contributed by atoms with Crippen molar-refractivity contribution in [3.63, 3.8) is 0 Å². The average Bonchev–Trinajstić information content (AvgIpc) is 2.26. The molecule has 0 aromatic heterocycles. The lowest BCUT2D eigenvalue weighted by atomic mass is 10.2. The maximum atomic E-state index is 11.2. The zero-order chi connectivity index (χ0) is 12.8. The number of aryl methyl sites for hydroxylation is 1. The number of carbonyl (C=O) groups is 1. The van der Waals surface area contributed by atoms with Crippen LogP contribution in [0.25, 0.3) is 0 Å². The van der Waals surface area contributed by atoms with Gasteiger partial charge in [0.25, 0.3) is 5.69 Å². The molecule has 92 valence electrons. The van der Waals surface area contributed by atoms with Crippen molar-refractivity contribution in [2.24, 2.45) is 0 Å². The van der Waals surface area contributed by atoms with Crippen LogP contribution >= 0.6 is 0 Å². The largest absolute Gasteiger partial charge is 0.486 e. The van der Waals surface area contributed by atoms with Crippen molar-refractivity contribution in [1.29, 1.82) is 0 Å². The standard InChI is InChI=1S/C12H15NO4/c1-3-4-10(14)8-17-11-5-6-12(13(15)16)9(2)7-11/h5-7H,3-4,8H2,1-2H3. The quantitative estimate of drug-likeness (QED) is 0.563. The number of hydrogen-bond donors (Lipinski definition) is 0. The molecule has 0 spiro atoms. The molecule has 0 amide bonds. The predicted molar refractivity (Wildman–Crippen MR) is 63.2 cm³/mol. The van der Waals surface area contributed by atoms with Crippen LogP contribution in [0.4, 0.5) is 5.69 Å². The van der Waals surface area contributed by atoms with Crippen molar-refractivity contribution in [3.8, 4) is 5.75 Å². The summed E-state index contributed by atoms with van der Waals surface area (Å²) in [6.45, 7) is 3.58. The van der Waals surface area contributed by atoms with Crippen LogP contribution in [0.1, 0.15) is 25.3 Å². The summed E-state index contributed by atoms with van der Waals surface area (Å²) < 4.78 is 5.26. The zero-order valence-corrected chi connectivity index (χ0v) is 9.93. The smallest absolute Gasteiger partial charge is 0.272 e. The Bertz CT molecular complexity index is 429. The van der Waals surface area contributed by atoms with Crippen molar-refractivity contribution in [2.75, 3.05) is 6.61 Å². The highest BCUT2D eigenvalue weighted by Crippen LogP contribution is 2.22. The first kappa shape index (κ1) is 13.2. The van der Waals surface area contributed by atoms with Crippen LogP contribution in [0.2, 0.25) is 0 Å². The summed E-state index contributed by atoms with van der Waals surface area (Å²) in [4.78, 5) is 21.4. The van der Waals surface area contributed by atoms with E-state index >= 15 is 0 Å². The van der Waals surface area contributed by atoms with Crippen molar-refractivity contribution in [1.82, 2.24) is 0 Å². The van der Waals surface area contributed by atoms with E-state index in [1.54, 1.807) is 13.0 Å². The Morgan fingerprint density at radius 3 is 2.71 bits per heavy atom. The first-order valence-corrected chi connectivity index (χ1v) is 5.44. The topological polar surface area (TPSA) is 69.4 Å². The van der Waals surface area contributed by atoms with Crippen molar-refractivity contribution in [3.05, 3.63) is 33.9 Å². The van der Waals surface area contributed by atoms with E-state index in [-0.39, 0.29) is 18.1 Å². The lowest BCUT2D eigenvalue weighted by Gasteiger charge is -2.06. The number of benzene rings is 1. The highest BCUT2D eigenvalue weighted by molar-refractivity contribution is 5.79. The van der Waals surface area contributed by atoms with Crippen molar-refractivity contribution >= 4 is 11.5 Å². The Labute approximate surface area is 99.5 Å². The first-order valence-electron chi connectivity index (χ1n) is 5.44. The van der Waals surface area contributed by atoms with E-state index in [1.165, 1.54) is 12.1 Å². The van der Waals surface area contributed by atoms with Gasteiger partial charge in [0.1, 0.15) is 12.4 Å². The number of ether oxygens (including phenoxy) is 1. The van der Waals surface area contributed by atoms with Gasteiger partial charge in [-0.3, -0.25) is 14.9 Å². The predicted octanol–water partition coefficient (Wildman–Crippen LogP) is 2.65. The average molecular weight is 237 g/mol. The lowest BCUT2D eigenvalue weighted by molar-refractivity contribution is -0.385. The molecule has 0 heterocycles. The maximum Gasteiger partial charge on any atom is 0.272 e. The van der Waals surface area contributed by atoms with Gasteiger partial charge in [-0.25, -0.2) is 0 Å². The molecule has 0 aliphatic carbocycles. The third-order valence-electron chi connectivity index (χ3n) is 2.29. The van der Waals surface area contributed by atoms with Crippen LogP contribution < -0.4 is 4.74 Å². The van der Waals surface area contributed by atoms with Crippen molar-refractivity contribution < 1.29 is 14.5 Å². The van der Waals surface area contributed by atoms with Crippen molar-refractivity contribution in [2.45, 2.75) is 26.7 Å². The molecule has 0 unspecified atom stereocenters. The molecule has 1 rings (SSSR count). The van der Waals surface area contributed by atoms with E-state index in [4.69, 9.17) is 4.74 Å². The number of carbonyl (C=O) groups excluding carboxylic acids is 1.